The molecule has 6 heteroatoms. The molecule has 70 valence electrons. The van der Waals surface area contributed by atoms with Crippen LogP contribution in [0.2, 0.25) is 0 Å². The summed E-state index contributed by atoms with van der Waals surface area (Å²) in [6.07, 6.45) is 0. The van der Waals surface area contributed by atoms with Crippen LogP contribution in [-0.2, 0) is 20.0 Å². The molecule has 4 nitrogen and oxygen atoms in total. The van der Waals surface area contributed by atoms with Crippen LogP contribution >= 0.6 is 9.19 Å². The molecule has 0 rings (SSSR count). The Morgan fingerprint density at radius 1 is 1.00 bits per heavy atom. The van der Waals surface area contributed by atoms with E-state index >= 15 is 0 Å². The van der Waals surface area contributed by atoms with Gasteiger partial charge in [-0.3, -0.25) is 13.1 Å². The van der Waals surface area contributed by atoms with E-state index in [1.165, 1.54) is 13.1 Å². The van der Waals surface area contributed by atoms with Gasteiger partial charge in [0.1, 0.15) is 0 Å². The molecule has 0 radical (unpaired) electrons. The fourth-order valence-electron chi connectivity index (χ4n) is 0. The SMILES string of the molecule is N[CH-]CN.N[CH-]CN.[Cl][Au]. The van der Waals surface area contributed by atoms with Crippen LogP contribution in [0.5, 0.6) is 0 Å². The van der Waals surface area contributed by atoms with Gasteiger partial charge in [-0.05, 0) is 0 Å². The molecule has 0 fully saturated rings. The van der Waals surface area contributed by atoms with Crippen LogP contribution < -0.4 is 22.9 Å². The summed E-state index contributed by atoms with van der Waals surface area (Å²) in [5.41, 5.74) is 19.2. The number of hydrogen-bond donors (Lipinski definition) is 4. The van der Waals surface area contributed by atoms with Crippen molar-refractivity contribution in [1.82, 2.24) is 0 Å². The summed E-state index contributed by atoms with van der Waals surface area (Å²) in [4.78, 5) is 0. The molecule has 0 unspecified atom stereocenters. The first-order valence-corrected chi connectivity index (χ1v) is 5.10. The molecule has 0 saturated carbocycles. The van der Waals surface area contributed by atoms with Gasteiger partial charge >= 0.3 is 29.2 Å². The van der Waals surface area contributed by atoms with Crippen molar-refractivity contribution in [2.45, 2.75) is 0 Å². The van der Waals surface area contributed by atoms with E-state index in [1.807, 2.05) is 0 Å². The Hall–Kier alpha value is 0.870. The van der Waals surface area contributed by atoms with Crippen molar-refractivity contribution < 1.29 is 20.0 Å². The van der Waals surface area contributed by atoms with Gasteiger partial charge in [0.25, 0.3) is 0 Å². The number of hydrogen-bond acceptors (Lipinski definition) is 4. The van der Waals surface area contributed by atoms with Gasteiger partial charge in [0.05, 0.1) is 0 Å². The molecule has 0 atom stereocenters. The Balaban J connectivity index is -0.0000000787. The molecule has 0 aromatic rings. The average molecular weight is 351 g/mol. The van der Waals surface area contributed by atoms with Crippen molar-refractivity contribution in [3.05, 3.63) is 13.1 Å². The van der Waals surface area contributed by atoms with Gasteiger partial charge in [0.15, 0.2) is 0 Å². The van der Waals surface area contributed by atoms with Gasteiger partial charge in [0, 0.05) is 0 Å². The maximum absolute atomic E-state index is 4.85. The fourth-order valence-corrected chi connectivity index (χ4v) is 0. The van der Waals surface area contributed by atoms with Crippen molar-refractivity contribution in [2.75, 3.05) is 13.1 Å². The van der Waals surface area contributed by atoms with Gasteiger partial charge in [-0.1, -0.05) is 0 Å². The summed E-state index contributed by atoms with van der Waals surface area (Å²) in [7, 11) is 4.58. The Kier molecular flexibility index (Phi) is 56.0. The van der Waals surface area contributed by atoms with E-state index in [4.69, 9.17) is 22.9 Å². The Bertz CT molecular complexity index is 25.2. The van der Waals surface area contributed by atoms with Gasteiger partial charge < -0.3 is 22.9 Å². The Morgan fingerprint density at radius 2 is 1.10 bits per heavy atom. The van der Waals surface area contributed by atoms with Gasteiger partial charge in [0.2, 0.25) is 0 Å². The zero-order valence-corrected chi connectivity index (χ0v) is 8.48. The van der Waals surface area contributed by atoms with Crippen molar-refractivity contribution in [3.8, 4) is 0 Å². The molecule has 10 heavy (non-hydrogen) atoms. The molecule has 0 aromatic heterocycles. The molecule has 0 aliphatic carbocycles. The summed E-state index contributed by atoms with van der Waals surface area (Å²) in [5, 5.41) is 0. The van der Waals surface area contributed by atoms with Crippen molar-refractivity contribution >= 4 is 9.19 Å². The summed E-state index contributed by atoms with van der Waals surface area (Å²) >= 11 is 1.75. The normalized spacial score (nSPS) is 6.70. The zero-order chi connectivity index (χ0) is 8.83. The van der Waals surface area contributed by atoms with Crippen molar-refractivity contribution in [1.29, 1.82) is 0 Å². The molecule has 0 saturated heterocycles. The third-order valence-electron chi connectivity index (χ3n) is 0.272. The molecule has 8 N–H and O–H groups in total. The van der Waals surface area contributed by atoms with Crippen molar-refractivity contribution in [3.63, 3.8) is 0 Å². The third kappa shape index (κ3) is 66.7. The van der Waals surface area contributed by atoms with Gasteiger partial charge in [-0.2, -0.15) is 0 Å². The summed E-state index contributed by atoms with van der Waals surface area (Å²) in [6.45, 7) is 3.75. The van der Waals surface area contributed by atoms with E-state index in [-0.39, 0.29) is 0 Å². The van der Waals surface area contributed by atoms with E-state index < -0.39 is 0 Å². The van der Waals surface area contributed by atoms with Gasteiger partial charge in [-0.15, -0.1) is 13.1 Å². The van der Waals surface area contributed by atoms with Crippen molar-refractivity contribution in [2.24, 2.45) is 22.9 Å². The minimum absolute atomic E-state index is 0.472. The quantitative estimate of drug-likeness (QED) is 0.372. The minimum atomic E-state index is 0.472. The van der Waals surface area contributed by atoms with Gasteiger partial charge in [-0.25, -0.2) is 0 Å². The van der Waals surface area contributed by atoms with E-state index in [9.17, 15) is 0 Å². The topological polar surface area (TPSA) is 104 Å². The van der Waals surface area contributed by atoms with Crippen LogP contribution in [0.1, 0.15) is 0 Å². The van der Waals surface area contributed by atoms with Crippen LogP contribution in [0, 0.1) is 13.1 Å². The third-order valence-corrected chi connectivity index (χ3v) is 0.272. The fraction of sp³-hybridized carbons (Fsp3) is 0.500. The molecule has 0 bridgehead atoms. The first-order chi connectivity index (χ1) is 4.83. The zero-order valence-electron chi connectivity index (χ0n) is 5.56. The Morgan fingerprint density at radius 3 is 1.10 bits per heavy atom. The second-order valence-corrected chi connectivity index (χ2v) is 0.943. The molecular formula is C4H14AuClN4-2. The second-order valence-electron chi connectivity index (χ2n) is 0.943. The summed E-state index contributed by atoms with van der Waals surface area (Å²) < 4.78 is 0. The standard InChI is InChI=1S/2C2H7N2.Au.ClH/c2*3-1-2-4;;/h2*1H,2-4H2;;1H/q2*-1;+1;/p-1. The predicted octanol–water partition coefficient (Wildman–Crippen LogP) is -1.18. The molecule has 0 aromatic carbocycles. The molecule has 0 spiro atoms. The molecule has 0 aliphatic heterocycles. The first kappa shape index (κ1) is 17.1. The van der Waals surface area contributed by atoms with Crippen LogP contribution in [0.4, 0.5) is 0 Å². The van der Waals surface area contributed by atoms with Crippen LogP contribution in [0.3, 0.4) is 0 Å². The van der Waals surface area contributed by atoms with Crippen LogP contribution in [-0.4, -0.2) is 13.1 Å². The number of halogens is 1. The molecule has 0 amide bonds. The molecule has 0 aliphatic rings. The summed E-state index contributed by atoms with van der Waals surface area (Å²) in [5.74, 6) is 0. The van der Waals surface area contributed by atoms with E-state index in [0.717, 1.165) is 0 Å². The second kappa shape index (κ2) is 32.7. The van der Waals surface area contributed by atoms with E-state index in [1.54, 1.807) is 20.0 Å². The number of nitrogens with two attached hydrogens (primary N) is 4. The monoisotopic (exact) mass is 350 g/mol. The predicted molar refractivity (Wildman–Crippen MR) is 40.9 cm³/mol. The first-order valence-electron chi connectivity index (χ1n) is 2.41. The van der Waals surface area contributed by atoms with E-state index in [2.05, 4.69) is 9.19 Å². The molecule has 0 heterocycles. The van der Waals surface area contributed by atoms with Crippen LogP contribution in [0.25, 0.3) is 0 Å². The Labute approximate surface area is 78.4 Å². The summed E-state index contributed by atoms with van der Waals surface area (Å²) in [6, 6.07) is 0. The van der Waals surface area contributed by atoms with Crippen LogP contribution in [0.15, 0.2) is 0 Å². The number of rotatable bonds is 2. The van der Waals surface area contributed by atoms with E-state index in [0.29, 0.717) is 13.1 Å². The molecular weight excluding hydrogens is 336 g/mol. The average Bonchev–Trinajstić information content (AvgIpc) is 2.08. The maximum atomic E-state index is 4.85.